The molecule has 5 heteroatoms. The minimum Gasteiger partial charge on any atom is -0.326 e. The van der Waals surface area contributed by atoms with Crippen LogP contribution in [0.1, 0.15) is 28.7 Å². The first-order valence-electron chi connectivity index (χ1n) is 6.68. The van der Waals surface area contributed by atoms with E-state index < -0.39 is 0 Å². The van der Waals surface area contributed by atoms with Gasteiger partial charge in [0.15, 0.2) is 0 Å². The monoisotopic (exact) mass is 272 g/mol. The number of hydrogen-bond acceptors (Lipinski definition) is 3. The van der Waals surface area contributed by atoms with Crippen LogP contribution in [0.5, 0.6) is 0 Å². The van der Waals surface area contributed by atoms with E-state index in [9.17, 15) is 4.79 Å². The Morgan fingerprint density at radius 2 is 2.15 bits per heavy atom. The lowest BCUT2D eigenvalue weighted by Crippen LogP contribution is -2.28. The standard InChI is InChI=1S/C15H20N4O/c1-4-19-14(8-11(2)17-19)15(20)18(3)13-7-5-6-12(9-13)10-16/h5-9H,4,10,16H2,1-3H3. The molecular formula is C15H20N4O. The van der Waals surface area contributed by atoms with Crippen molar-refractivity contribution < 1.29 is 4.79 Å². The van der Waals surface area contributed by atoms with Gasteiger partial charge in [0, 0.05) is 25.8 Å². The minimum absolute atomic E-state index is 0.0679. The maximum Gasteiger partial charge on any atom is 0.276 e. The molecule has 2 N–H and O–H groups in total. The van der Waals surface area contributed by atoms with Crippen LogP contribution in [0.2, 0.25) is 0 Å². The van der Waals surface area contributed by atoms with Crippen molar-refractivity contribution in [2.75, 3.05) is 11.9 Å². The quantitative estimate of drug-likeness (QED) is 0.925. The average Bonchev–Trinajstić information content (AvgIpc) is 2.86. The van der Waals surface area contributed by atoms with Crippen molar-refractivity contribution in [3.8, 4) is 0 Å². The van der Waals surface area contributed by atoms with Gasteiger partial charge in [0.1, 0.15) is 5.69 Å². The molecule has 2 aromatic rings. The lowest BCUT2D eigenvalue weighted by Gasteiger charge is -2.18. The van der Waals surface area contributed by atoms with Gasteiger partial charge < -0.3 is 10.6 Å². The molecule has 0 fully saturated rings. The maximum absolute atomic E-state index is 12.6. The highest BCUT2D eigenvalue weighted by Crippen LogP contribution is 2.17. The van der Waals surface area contributed by atoms with Gasteiger partial charge in [-0.25, -0.2) is 0 Å². The van der Waals surface area contributed by atoms with Gasteiger partial charge in [-0.3, -0.25) is 9.48 Å². The predicted molar refractivity (Wildman–Crippen MR) is 79.7 cm³/mol. The average molecular weight is 272 g/mol. The van der Waals surface area contributed by atoms with Crippen molar-refractivity contribution >= 4 is 11.6 Å². The van der Waals surface area contributed by atoms with Crippen LogP contribution in [-0.2, 0) is 13.1 Å². The van der Waals surface area contributed by atoms with Crippen LogP contribution in [0.3, 0.4) is 0 Å². The number of rotatable bonds is 4. The lowest BCUT2D eigenvalue weighted by atomic mass is 10.2. The van der Waals surface area contributed by atoms with E-state index in [1.165, 1.54) is 0 Å². The molecule has 0 aliphatic heterocycles. The van der Waals surface area contributed by atoms with Crippen LogP contribution < -0.4 is 10.6 Å². The summed E-state index contributed by atoms with van der Waals surface area (Å²) in [7, 11) is 1.76. The Kier molecular flexibility index (Phi) is 4.20. The zero-order chi connectivity index (χ0) is 14.7. The molecule has 5 nitrogen and oxygen atoms in total. The molecule has 1 heterocycles. The highest BCUT2D eigenvalue weighted by molar-refractivity contribution is 6.04. The van der Waals surface area contributed by atoms with Crippen LogP contribution in [0.15, 0.2) is 30.3 Å². The van der Waals surface area contributed by atoms with Gasteiger partial charge in [0.25, 0.3) is 5.91 Å². The third kappa shape index (κ3) is 2.72. The summed E-state index contributed by atoms with van der Waals surface area (Å²) in [6.07, 6.45) is 0. The van der Waals surface area contributed by atoms with E-state index in [2.05, 4.69) is 5.10 Å². The van der Waals surface area contributed by atoms with Gasteiger partial charge in [0.2, 0.25) is 0 Å². The predicted octanol–water partition coefficient (Wildman–Crippen LogP) is 1.95. The van der Waals surface area contributed by atoms with Crippen molar-refractivity contribution in [2.24, 2.45) is 5.73 Å². The van der Waals surface area contributed by atoms with Crippen molar-refractivity contribution in [2.45, 2.75) is 26.9 Å². The van der Waals surface area contributed by atoms with E-state index in [1.54, 1.807) is 16.6 Å². The van der Waals surface area contributed by atoms with Crippen LogP contribution >= 0.6 is 0 Å². The van der Waals surface area contributed by atoms with Gasteiger partial charge in [-0.05, 0) is 37.6 Å². The molecule has 0 saturated carbocycles. The first kappa shape index (κ1) is 14.3. The molecule has 0 aliphatic rings. The second-order valence-electron chi connectivity index (χ2n) is 4.72. The highest BCUT2D eigenvalue weighted by Gasteiger charge is 2.18. The SMILES string of the molecule is CCn1nc(C)cc1C(=O)N(C)c1cccc(CN)c1. The second-order valence-corrected chi connectivity index (χ2v) is 4.72. The fourth-order valence-electron chi connectivity index (χ4n) is 2.14. The zero-order valence-corrected chi connectivity index (χ0v) is 12.1. The van der Waals surface area contributed by atoms with E-state index in [0.29, 0.717) is 18.8 Å². The fourth-order valence-corrected chi connectivity index (χ4v) is 2.14. The van der Waals surface area contributed by atoms with Crippen LogP contribution in [0.4, 0.5) is 5.69 Å². The summed E-state index contributed by atoms with van der Waals surface area (Å²) < 4.78 is 1.72. The molecule has 2 rings (SSSR count). The minimum atomic E-state index is -0.0679. The number of anilines is 1. The topological polar surface area (TPSA) is 64.2 Å². The summed E-state index contributed by atoms with van der Waals surface area (Å²) in [6, 6.07) is 9.50. The first-order chi connectivity index (χ1) is 9.56. The van der Waals surface area contributed by atoms with Gasteiger partial charge >= 0.3 is 0 Å². The molecule has 1 aromatic carbocycles. The Morgan fingerprint density at radius 3 is 2.80 bits per heavy atom. The second kappa shape index (κ2) is 5.88. The van der Waals surface area contributed by atoms with Crippen LogP contribution in [0.25, 0.3) is 0 Å². The van der Waals surface area contributed by atoms with E-state index in [-0.39, 0.29) is 5.91 Å². The molecule has 0 bridgehead atoms. The van der Waals surface area contributed by atoms with Gasteiger partial charge in [-0.15, -0.1) is 0 Å². The summed E-state index contributed by atoms with van der Waals surface area (Å²) >= 11 is 0. The van der Waals surface area contributed by atoms with Crippen LogP contribution in [-0.4, -0.2) is 22.7 Å². The normalized spacial score (nSPS) is 10.6. The molecule has 0 aliphatic carbocycles. The lowest BCUT2D eigenvalue weighted by molar-refractivity contribution is 0.0983. The van der Waals surface area contributed by atoms with Crippen molar-refractivity contribution in [3.05, 3.63) is 47.3 Å². The third-order valence-corrected chi connectivity index (χ3v) is 3.26. The number of benzene rings is 1. The van der Waals surface area contributed by atoms with Gasteiger partial charge in [0.05, 0.1) is 5.69 Å². The van der Waals surface area contributed by atoms with Crippen molar-refractivity contribution in [3.63, 3.8) is 0 Å². The number of aromatic nitrogens is 2. The molecule has 1 amide bonds. The maximum atomic E-state index is 12.6. The molecule has 0 atom stereocenters. The van der Waals surface area contributed by atoms with E-state index in [4.69, 9.17) is 5.73 Å². The Balaban J connectivity index is 2.31. The van der Waals surface area contributed by atoms with E-state index >= 15 is 0 Å². The van der Waals surface area contributed by atoms with E-state index in [1.807, 2.05) is 44.2 Å². The van der Waals surface area contributed by atoms with E-state index in [0.717, 1.165) is 16.9 Å². The number of aryl methyl sites for hydroxylation is 2. The molecule has 0 unspecified atom stereocenters. The Hall–Kier alpha value is -2.14. The Morgan fingerprint density at radius 1 is 1.40 bits per heavy atom. The molecule has 0 saturated heterocycles. The largest absolute Gasteiger partial charge is 0.326 e. The van der Waals surface area contributed by atoms with Crippen molar-refractivity contribution in [1.82, 2.24) is 9.78 Å². The number of nitrogens with two attached hydrogens (primary N) is 1. The summed E-state index contributed by atoms with van der Waals surface area (Å²) in [4.78, 5) is 14.2. The zero-order valence-electron chi connectivity index (χ0n) is 12.1. The molecule has 1 aromatic heterocycles. The van der Waals surface area contributed by atoms with Gasteiger partial charge in [-0.2, -0.15) is 5.10 Å². The number of carbonyl (C=O) groups excluding carboxylic acids is 1. The Bertz CT molecular complexity index is 618. The van der Waals surface area contributed by atoms with Crippen molar-refractivity contribution in [1.29, 1.82) is 0 Å². The summed E-state index contributed by atoms with van der Waals surface area (Å²) in [5, 5.41) is 4.31. The smallest absolute Gasteiger partial charge is 0.276 e. The molecule has 20 heavy (non-hydrogen) atoms. The molecular weight excluding hydrogens is 252 g/mol. The number of hydrogen-bond donors (Lipinski definition) is 1. The molecule has 0 radical (unpaired) electrons. The number of nitrogens with zero attached hydrogens (tertiary/aromatic N) is 3. The highest BCUT2D eigenvalue weighted by atomic mass is 16.2. The summed E-state index contributed by atoms with van der Waals surface area (Å²) in [6.45, 7) is 4.99. The summed E-state index contributed by atoms with van der Waals surface area (Å²) in [5.74, 6) is -0.0679. The Labute approximate surface area is 119 Å². The van der Waals surface area contributed by atoms with Gasteiger partial charge in [-0.1, -0.05) is 12.1 Å². The third-order valence-electron chi connectivity index (χ3n) is 3.26. The number of carbonyl (C=O) groups is 1. The fraction of sp³-hybridized carbons (Fsp3) is 0.333. The summed E-state index contributed by atoms with van der Waals surface area (Å²) in [5.41, 5.74) is 8.92. The number of amides is 1. The first-order valence-corrected chi connectivity index (χ1v) is 6.68. The molecule has 0 spiro atoms. The molecule has 106 valence electrons. The van der Waals surface area contributed by atoms with Crippen LogP contribution in [0, 0.1) is 6.92 Å².